The molecule has 3 nitrogen and oxygen atoms in total. The molecule has 4 rings (SSSR count). The summed E-state index contributed by atoms with van der Waals surface area (Å²) in [7, 11) is 0. The highest BCUT2D eigenvalue weighted by Crippen LogP contribution is 2.40. The molecule has 0 aliphatic carbocycles. The summed E-state index contributed by atoms with van der Waals surface area (Å²) >= 11 is 1.61. The van der Waals surface area contributed by atoms with Crippen LogP contribution in [0.15, 0.2) is 71.6 Å². The van der Waals surface area contributed by atoms with E-state index < -0.39 is 0 Å². The van der Waals surface area contributed by atoms with Crippen LogP contribution in [0.4, 0.5) is 0 Å². The standard InChI is InChI=1S/C22H19NO2S/c1-15(24)25-20-13-12-18-17-10-6-7-11-19(17)23(21(18)22(20)26-2)14-16-8-4-3-5-9-16/h3-13H,14H2,1-2H3. The van der Waals surface area contributed by atoms with Crippen molar-refractivity contribution >= 4 is 39.5 Å². The number of nitrogens with zero attached hydrogens (tertiary/aromatic N) is 1. The van der Waals surface area contributed by atoms with Crippen molar-refractivity contribution in [3.63, 3.8) is 0 Å². The van der Waals surface area contributed by atoms with Gasteiger partial charge in [-0.05, 0) is 30.0 Å². The lowest BCUT2D eigenvalue weighted by atomic mass is 10.1. The molecule has 0 amide bonds. The largest absolute Gasteiger partial charge is 0.425 e. The molecule has 1 aromatic heterocycles. The van der Waals surface area contributed by atoms with Gasteiger partial charge >= 0.3 is 5.97 Å². The summed E-state index contributed by atoms with van der Waals surface area (Å²) in [6, 6.07) is 22.8. The van der Waals surface area contributed by atoms with Gasteiger partial charge in [0.25, 0.3) is 0 Å². The zero-order valence-electron chi connectivity index (χ0n) is 14.7. The Morgan fingerprint density at radius 3 is 2.42 bits per heavy atom. The van der Waals surface area contributed by atoms with E-state index in [-0.39, 0.29) is 5.97 Å². The Morgan fingerprint density at radius 1 is 0.962 bits per heavy atom. The fourth-order valence-electron chi connectivity index (χ4n) is 3.46. The number of hydrogen-bond donors (Lipinski definition) is 0. The number of thioether (sulfide) groups is 1. The van der Waals surface area contributed by atoms with Crippen LogP contribution in [0.25, 0.3) is 21.8 Å². The van der Waals surface area contributed by atoms with Crippen LogP contribution in [0, 0.1) is 0 Å². The smallest absolute Gasteiger partial charge is 0.308 e. The molecule has 3 aromatic carbocycles. The SMILES string of the molecule is CSc1c(OC(C)=O)ccc2c3ccccc3n(Cc3ccccc3)c12. The van der Waals surface area contributed by atoms with Gasteiger partial charge in [-0.1, -0.05) is 48.5 Å². The third-order valence-corrected chi connectivity index (χ3v) is 5.29. The summed E-state index contributed by atoms with van der Waals surface area (Å²) in [5.41, 5.74) is 3.53. The van der Waals surface area contributed by atoms with Crippen molar-refractivity contribution in [1.29, 1.82) is 0 Å². The number of carbonyl (C=O) groups excluding carboxylic acids is 1. The molecule has 1 heterocycles. The molecule has 0 saturated carbocycles. The van der Waals surface area contributed by atoms with Gasteiger partial charge in [0.05, 0.1) is 10.4 Å². The van der Waals surface area contributed by atoms with Gasteiger partial charge in [-0.15, -0.1) is 11.8 Å². The molecule has 0 aliphatic rings. The number of hydrogen-bond acceptors (Lipinski definition) is 3. The first-order chi connectivity index (χ1) is 12.7. The van der Waals surface area contributed by atoms with Crippen molar-refractivity contribution in [3.05, 3.63) is 72.3 Å². The van der Waals surface area contributed by atoms with E-state index in [0.717, 1.165) is 17.0 Å². The zero-order valence-corrected chi connectivity index (χ0v) is 15.5. The molecule has 0 saturated heterocycles. The zero-order chi connectivity index (χ0) is 18.1. The molecule has 0 N–H and O–H groups in total. The van der Waals surface area contributed by atoms with Crippen molar-refractivity contribution in [2.24, 2.45) is 0 Å². The first-order valence-corrected chi connectivity index (χ1v) is 9.72. The minimum atomic E-state index is -0.301. The Balaban J connectivity index is 2.03. The average Bonchev–Trinajstić information content (AvgIpc) is 2.96. The van der Waals surface area contributed by atoms with Gasteiger partial charge in [0.1, 0.15) is 5.75 Å². The van der Waals surface area contributed by atoms with E-state index in [2.05, 4.69) is 59.2 Å². The number of benzene rings is 3. The molecule has 4 aromatic rings. The molecule has 0 spiro atoms. The van der Waals surface area contributed by atoms with E-state index in [9.17, 15) is 4.79 Å². The Bertz CT molecular complexity index is 1100. The fraction of sp³-hybridized carbons (Fsp3) is 0.136. The summed E-state index contributed by atoms with van der Waals surface area (Å²) in [5, 5.41) is 2.39. The van der Waals surface area contributed by atoms with Gasteiger partial charge in [-0.2, -0.15) is 0 Å². The third kappa shape index (κ3) is 2.86. The van der Waals surface area contributed by atoms with Crippen molar-refractivity contribution < 1.29 is 9.53 Å². The Hall–Kier alpha value is -2.72. The third-order valence-electron chi connectivity index (χ3n) is 4.49. The second-order valence-electron chi connectivity index (χ2n) is 6.18. The highest BCUT2D eigenvalue weighted by molar-refractivity contribution is 7.99. The lowest BCUT2D eigenvalue weighted by molar-refractivity contribution is -0.132. The topological polar surface area (TPSA) is 31.2 Å². The quantitative estimate of drug-likeness (QED) is 0.274. The summed E-state index contributed by atoms with van der Waals surface area (Å²) in [5.74, 6) is 0.319. The fourth-order valence-corrected chi connectivity index (χ4v) is 4.18. The molecule has 0 fully saturated rings. The summed E-state index contributed by atoms with van der Waals surface area (Å²) < 4.78 is 7.79. The highest BCUT2D eigenvalue weighted by Gasteiger charge is 2.18. The average molecular weight is 361 g/mol. The van der Waals surface area contributed by atoms with Gasteiger partial charge in [-0.3, -0.25) is 4.79 Å². The number of aromatic nitrogens is 1. The van der Waals surface area contributed by atoms with E-state index in [1.165, 1.54) is 28.8 Å². The van der Waals surface area contributed by atoms with Crippen molar-refractivity contribution in [3.8, 4) is 5.75 Å². The predicted octanol–water partition coefficient (Wildman–Crippen LogP) is 5.49. The van der Waals surface area contributed by atoms with Crippen LogP contribution >= 0.6 is 11.8 Å². The number of esters is 1. The van der Waals surface area contributed by atoms with Crippen LogP contribution in [0.2, 0.25) is 0 Å². The number of rotatable bonds is 4. The first-order valence-electron chi connectivity index (χ1n) is 8.49. The molecule has 4 heteroatoms. The maximum Gasteiger partial charge on any atom is 0.308 e. The molecule has 0 bridgehead atoms. The lowest BCUT2D eigenvalue weighted by Crippen LogP contribution is -2.04. The first kappa shape index (κ1) is 16.7. The van der Waals surface area contributed by atoms with Gasteiger partial charge in [0.15, 0.2) is 0 Å². The predicted molar refractivity (Wildman–Crippen MR) is 108 cm³/mol. The second kappa shape index (κ2) is 6.89. The van der Waals surface area contributed by atoms with Gasteiger partial charge < -0.3 is 9.30 Å². The van der Waals surface area contributed by atoms with Crippen LogP contribution in [-0.2, 0) is 11.3 Å². The molecule has 130 valence electrons. The normalized spacial score (nSPS) is 11.2. The van der Waals surface area contributed by atoms with Crippen LogP contribution in [0.1, 0.15) is 12.5 Å². The molecule has 0 radical (unpaired) electrons. The summed E-state index contributed by atoms with van der Waals surface area (Å²) in [6.45, 7) is 2.20. The Morgan fingerprint density at radius 2 is 1.69 bits per heavy atom. The minimum Gasteiger partial charge on any atom is -0.425 e. The monoisotopic (exact) mass is 361 g/mol. The molecule has 26 heavy (non-hydrogen) atoms. The summed E-state index contributed by atoms with van der Waals surface area (Å²) in [6.07, 6.45) is 2.02. The van der Waals surface area contributed by atoms with Gasteiger partial charge in [0.2, 0.25) is 0 Å². The second-order valence-corrected chi connectivity index (χ2v) is 6.99. The maximum absolute atomic E-state index is 11.5. The van der Waals surface area contributed by atoms with Crippen LogP contribution in [0.3, 0.4) is 0 Å². The van der Waals surface area contributed by atoms with Gasteiger partial charge in [-0.25, -0.2) is 0 Å². The van der Waals surface area contributed by atoms with Crippen LogP contribution < -0.4 is 4.74 Å². The van der Waals surface area contributed by atoms with Gasteiger partial charge in [0, 0.05) is 29.8 Å². The highest BCUT2D eigenvalue weighted by atomic mass is 32.2. The van der Waals surface area contributed by atoms with E-state index in [1.54, 1.807) is 11.8 Å². The van der Waals surface area contributed by atoms with E-state index in [4.69, 9.17) is 4.74 Å². The Kier molecular flexibility index (Phi) is 4.43. The molecule has 0 aliphatic heterocycles. The number of carbonyl (C=O) groups is 1. The van der Waals surface area contributed by atoms with Crippen molar-refractivity contribution in [2.75, 3.05) is 6.26 Å². The van der Waals surface area contributed by atoms with E-state index in [1.807, 2.05) is 18.4 Å². The maximum atomic E-state index is 11.5. The number of para-hydroxylation sites is 1. The Labute approximate surface area is 156 Å². The van der Waals surface area contributed by atoms with Crippen LogP contribution in [-0.4, -0.2) is 16.8 Å². The van der Waals surface area contributed by atoms with Crippen molar-refractivity contribution in [1.82, 2.24) is 4.57 Å². The molecule has 0 atom stereocenters. The molecular formula is C22H19NO2S. The molecular weight excluding hydrogens is 342 g/mol. The molecule has 0 unspecified atom stereocenters. The summed E-state index contributed by atoms with van der Waals surface area (Å²) in [4.78, 5) is 12.5. The van der Waals surface area contributed by atoms with E-state index >= 15 is 0 Å². The minimum absolute atomic E-state index is 0.301. The number of ether oxygens (including phenoxy) is 1. The number of fused-ring (bicyclic) bond motifs is 3. The lowest BCUT2D eigenvalue weighted by Gasteiger charge is -2.13. The van der Waals surface area contributed by atoms with Crippen molar-refractivity contribution in [2.45, 2.75) is 18.4 Å². The van der Waals surface area contributed by atoms with Crippen LogP contribution in [0.5, 0.6) is 5.75 Å². The van der Waals surface area contributed by atoms with E-state index in [0.29, 0.717) is 5.75 Å².